The van der Waals surface area contributed by atoms with Crippen LogP contribution in [-0.4, -0.2) is 43.8 Å². The van der Waals surface area contributed by atoms with Gasteiger partial charge >= 0.3 is 5.97 Å². The second-order valence-electron chi connectivity index (χ2n) is 4.58. The van der Waals surface area contributed by atoms with Gasteiger partial charge in [0.05, 0.1) is 10.2 Å². The summed E-state index contributed by atoms with van der Waals surface area (Å²) in [6.45, 7) is 2.14. The summed E-state index contributed by atoms with van der Waals surface area (Å²) < 4.78 is 3.52. The van der Waals surface area contributed by atoms with Crippen molar-refractivity contribution >= 4 is 39.1 Å². The summed E-state index contributed by atoms with van der Waals surface area (Å²) in [7, 11) is 1.83. The van der Waals surface area contributed by atoms with Crippen molar-refractivity contribution in [2.75, 3.05) is 18.5 Å². The van der Waals surface area contributed by atoms with E-state index in [4.69, 9.17) is 5.11 Å². The third-order valence-electron chi connectivity index (χ3n) is 3.26. The first-order valence-electron chi connectivity index (χ1n) is 6.31. The lowest BCUT2D eigenvalue weighted by molar-refractivity contribution is -0.137. The molecule has 3 rings (SSSR count). The maximum Gasteiger partial charge on any atom is 0.325 e. The Balaban J connectivity index is 2.41. The van der Waals surface area contributed by atoms with Crippen LogP contribution in [0.5, 0.6) is 0 Å². The van der Waals surface area contributed by atoms with E-state index in [0.717, 1.165) is 9.38 Å². The molecule has 0 fully saturated rings. The lowest BCUT2D eigenvalue weighted by atomic mass is 10.5. The molecule has 0 saturated heterocycles. The molecule has 3 heterocycles. The first-order valence-corrected chi connectivity index (χ1v) is 7.19. The summed E-state index contributed by atoms with van der Waals surface area (Å²) in [5, 5.41) is 13.1. The van der Waals surface area contributed by atoms with E-state index < -0.39 is 18.1 Å². The van der Waals surface area contributed by atoms with Crippen molar-refractivity contribution in [3.8, 4) is 0 Å². The molecule has 110 valence electrons. The van der Waals surface area contributed by atoms with E-state index in [1.54, 1.807) is 16.0 Å². The van der Waals surface area contributed by atoms with Crippen LogP contribution in [0.25, 0.3) is 15.9 Å². The molecule has 0 saturated carbocycles. The summed E-state index contributed by atoms with van der Waals surface area (Å²) in [6, 6.07) is 1.72. The predicted molar refractivity (Wildman–Crippen MR) is 79.2 cm³/mol. The highest BCUT2D eigenvalue weighted by molar-refractivity contribution is 7.16. The molecule has 0 aliphatic carbocycles. The topological polar surface area (TPSA) is 92.7 Å². The van der Waals surface area contributed by atoms with Crippen LogP contribution in [0.1, 0.15) is 6.92 Å². The van der Waals surface area contributed by atoms with E-state index in [9.17, 15) is 9.59 Å². The molecule has 3 aromatic rings. The first kappa shape index (κ1) is 13.6. The molecule has 0 unspecified atom stereocenters. The van der Waals surface area contributed by atoms with Gasteiger partial charge in [-0.05, 0) is 13.0 Å². The number of hydrogen-bond acceptors (Lipinski definition) is 6. The zero-order valence-corrected chi connectivity index (χ0v) is 12.3. The van der Waals surface area contributed by atoms with Crippen molar-refractivity contribution in [1.82, 2.24) is 19.2 Å². The summed E-state index contributed by atoms with van der Waals surface area (Å²) in [4.78, 5) is 29.4. The van der Waals surface area contributed by atoms with Crippen molar-refractivity contribution in [3.63, 3.8) is 0 Å². The average molecular weight is 307 g/mol. The van der Waals surface area contributed by atoms with Crippen LogP contribution in [0.2, 0.25) is 0 Å². The van der Waals surface area contributed by atoms with Gasteiger partial charge in [-0.25, -0.2) is 9.67 Å². The Morgan fingerprint density at radius 3 is 2.95 bits per heavy atom. The normalized spacial score (nSPS) is 11.3. The summed E-state index contributed by atoms with van der Waals surface area (Å²) >= 11 is 1.43. The Labute approximate surface area is 122 Å². The minimum Gasteiger partial charge on any atom is -0.480 e. The highest BCUT2D eigenvalue weighted by Crippen LogP contribution is 2.24. The van der Waals surface area contributed by atoms with Crippen molar-refractivity contribution in [3.05, 3.63) is 21.9 Å². The van der Waals surface area contributed by atoms with Gasteiger partial charge < -0.3 is 10.0 Å². The zero-order valence-electron chi connectivity index (χ0n) is 11.5. The highest BCUT2D eigenvalue weighted by Gasteiger charge is 2.18. The van der Waals surface area contributed by atoms with Gasteiger partial charge in [-0.3, -0.25) is 14.0 Å². The van der Waals surface area contributed by atoms with Gasteiger partial charge in [-0.2, -0.15) is 0 Å². The molecule has 1 N–H and O–H groups in total. The zero-order chi connectivity index (χ0) is 15.1. The van der Waals surface area contributed by atoms with Crippen molar-refractivity contribution < 1.29 is 9.90 Å². The number of thiazole rings is 1. The number of carboxylic acid groups (broad SMARTS) is 1. The van der Waals surface area contributed by atoms with Gasteiger partial charge in [-0.15, -0.1) is 16.4 Å². The van der Waals surface area contributed by atoms with Gasteiger partial charge in [0.1, 0.15) is 12.1 Å². The maximum absolute atomic E-state index is 12.4. The summed E-state index contributed by atoms with van der Waals surface area (Å²) in [5.74, 6) is -0.611. The fourth-order valence-electron chi connectivity index (χ4n) is 2.13. The number of hydrogen-bond donors (Lipinski definition) is 1. The maximum atomic E-state index is 12.4. The second-order valence-corrected chi connectivity index (χ2v) is 5.46. The number of rotatable bonds is 4. The first-order chi connectivity index (χ1) is 10.0. The lowest BCUT2D eigenvalue weighted by Crippen LogP contribution is -2.32. The van der Waals surface area contributed by atoms with Gasteiger partial charge in [0.2, 0.25) is 5.95 Å². The molecule has 0 bridgehead atoms. The van der Waals surface area contributed by atoms with E-state index in [1.165, 1.54) is 11.3 Å². The molecule has 0 spiro atoms. The van der Waals surface area contributed by atoms with Gasteiger partial charge in [0.15, 0.2) is 5.65 Å². The van der Waals surface area contributed by atoms with Crippen LogP contribution in [0.15, 0.2) is 16.4 Å². The molecule has 0 amide bonds. The number of fused-ring (bicyclic) bond motifs is 3. The molecule has 9 heteroatoms. The number of carbonyl (C=O) groups is 1. The Bertz CT molecular complexity index is 893. The van der Waals surface area contributed by atoms with Crippen molar-refractivity contribution in [2.45, 2.75) is 13.5 Å². The van der Waals surface area contributed by atoms with Gasteiger partial charge in [0.25, 0.3) is 5.56 Å². The monoisotopic (exact) mass is 307 g/mol. The highest BCUT2D eigenvalue weighted by atomic mass is 32.1. The minimum atomic E-state index is -1.11. The minimum absolute atomic E-state index is 0.385. The van der Waals surface area contributed by atoms with Crippen LogP contribution in [-0.2, 0) is 11.3 Å². The average Bonchev–Trinajstić information content (AvgIpc) is 3.01. The standard InChI is InChI=1S/C12H13N5O3S/c1-3-15(2)12-14-16(5-9(18)19)11(20)7-4-8-10(17(7)12)13-6-21-8/h4,6H,3,5H2,1-2H3,(H,18,19). The number of aliphatic carboxylic acids is 1. The number of carboxylic acids is 1. The van der Waals surface area contributed by atoms with Crippen LogP contribution in [0, 0.1) is 0 Å². The van der Waals surface area contributed by atoms with E-state index in [0.29, 0.717) is 23.7 Å². The Morgan fingerprint density at radius 1 is 1.52 bits per heavy atom. The number of nitrogens with zero attached hydrogens (tertiary/aromatic N) is 5. The third kappa shape index (κ3) is 2.05. The fraction of sp³-hybridized carbons (Fsp3) is 0.333. The van der Waals surface area contributed by atoms with Crippen molar-refractivity contribution in [2.24, 2.45) is 0 Å². The molecule has 0 aliphatic rings. The molecule has 21 heavy (non-hydrogen) atoms. The third-order valence-corrected chi connectivity index (χ3v) is 4.03. The van der Waals surface area contributed by atoms with Gasteiger partial charge in [0, 0.05) is 13.6 Å². The quantitative estimate of drug-likeness (QED) is 0.760. The Hall–Kier alpha value is -2.42. The lowest BCUT2D eigenvalue weighted by Gasteiger charge is -2.18. The van der Waals surface area contributed by atoms with E-state index in [-0.39, 0.29) is 0 Å². The van der Waals surface area contributed by atoms with Crippen LogP contribution in [0.3, 0.4) is 0 Å². The second kappa shape index (κ2) is 4.85. The van der Waals surface area contributed by atoms with Crippen LogP contribution < -0.4 is 10.5 Å². The molecular formula is C12H13N5O3S. The largest absolute Gasteiger partial charge is 0.480 e. The van der Waals surface area contributed by atoms with Crippen LogP contribution >= 0.6 is 11.3 Å². The summed E-state index contributed by atoms with van der Waals surface area (Å²) in [5.41, 5.74) is 2.32. The number of anilines is 1. The summed E-state index contributed by atoms with van der Waals surface area (Å²) in [6.07, 6.45) is 0. The predicted octanol–water partition coefficient (Wildman–Crippen LogP) is 0.646. The molecule has 0 radical (unpaired) electrons. The fourth-order valence-corrected chi connectivity index (χ4v) is 2.83. The molecular weight excluding hydrogens is 294 g/mol. The molecule has 0 aromatic carbocycles. The Morgan fingerprint density at radius 2 is 2.29 bits per heavy atom. The molecule has 0 atom stereocenters. The van der Waals surface area contributed by atoms with Crippen molar-refractivity contribution in [1.29, 1.82) is 0 Å². The van der Waals surface area contributed by atoms with Crippen LogP contribution in [0.4, 0.5) is 5.95 Å². The smallest absolute Gasteiger partial charge is 0.325 e. The van der Waals surface area contributed by atoms with Gasteiger partial charge in [-0.1, -0.05) is 0 Å². The molecule has 3 aromatic heterocycles. The Kier molecular flexibility index (Phi) is 3.13. The van der Waals surface area contributed by atoms with E-state index in [1.807, 2.05) is 18.9 Å². The molecule has 0 aliphatic heterocycles. The molecule has 8 nitrogen and oxygen atoms in total. The van der Waals surface area contributed by atoms with E-state index in [2.05, 4.69) is 10.1 Å². The number of aromatic nitrogens is 4. The van der Waals surface area contributed by atoms with E-state index >= 15 is 0 Å². The SMILES string of the molecule is CCN(C)c1nn(CC(=O)O)c(=O)c2cc3scnc3n12.